The highest BCUT2D eigenvalue weighted by atomic mass is 19.1. The van der Waals surface area contributed by atoms with Gasteiger partial charge < -0.3 is 4.98 Å². The number of hydrazine groups is 1. The number of aromatic amines is 1. The molecule has 146 valence electrons. The third-order valence-corrected chi connectivity index (χ3v) is 4.47. The van der Waals surface area contributed by atoms with Crippen LogP contribution < -0.4 is 16.4 Å². The predicted molar refractivity (Wildman–Crippen MR) is 104 cm³/mol. The Hall–Kier alpha value is -4.01. The molecular formula is C20H16FN5O3. The molecule has 0 radical (unpaired) electrons. The van der Waals surface area contributed by atoms with E-state index in [0.717, 1.165) is 27.1 Å². The van der Waals surface area contributed by atoms with Gasteiger partial charge in [-0.2, -0.15) is 0 Å². The Balaban J connectivity index is 1.39. The number of benzene rings is 2. The van der Waals surface area contributed by atoms with Gasteiger partial charge in [-0.25, -0.2) is 9.37 Å². The number of hydrogen-bond donors (Lipinski definition) is 3. The maximum atomic E-state index is 13.4. The number of amides is 2. The summed E-state index contributed by atoms with van der Waals surface area (Å²) in [6.07, 6.45) is 3.02. The van der Waals surface area contributed by atoms with Crippen LogP contribution in [0.2, 0.25) is 0 Å². The molecule has 2 amide bonds. The van der Waals surface area contributed by atoms with Gasteiger partial charge in [-0.1, -0.05) is 18.2 Å². The zero-order valence-corrected chi connectivity index (χ0v) is 15.1. The normalized spacial score (nSPS) is 10.9. The minimum Gasteiger partial charge on any atom is -0.361 e. The van der Waals surface area contributed by atoms with E-state index in [1.54, 1.807) is 6.20 Å². The van der Waals surface area contributed by atoms with E-state index in [4.69, 9.17) is 0 Å². The summed E-state index contributed by atoms with van der Waals surface area (Å²) in [6, 6.07) is 11.2. The topological polar surface area (TPSA) is 109 Å². The molecule has 2 aromatic heterocycles. The van der Waals surface area contributed by atoms with Crippen LogP contribution in [0.3, 0.4) is 0 Å². The van der Waals surface area contributed by atoms with E-state index < -0.39 is 23.2 Å². The minimum absolute atomic E-state index is 0.0705. The molecular weight excluding hydrogens is 377 g/mol. The molecule has 0 aliphatic heterocycles. The Morgan fingerprint density at radius 3 is 2.72 bits per heavy atom. The van der Waals surface area contributed by atoms with Crippen molar-refractivity contribution in [3.05, 3.63) is 76.7 Å². The van der Waals surface area contributed by atoms with Gasteiger partial charge in [0.05, 0.1) is 23.7 Å². The van der Waals surface area contributed by atoms with E-state index in [2.05, 4.69) is 20.8 Å². The van der Waals surface area contributed by atoms with Crippen LogP contribution in [0, 0.1) is 5.82 Å². The first kappa shape index (κ1) is 18.4. The number of H-pyrrole nitrogens is 1. The smallest absolute Gasteiger partial charge is 0.261 e. The van der Waals surface area contributed by atoms with Crippen LogP contribution in [0.25, 0.3) is 21.8 Å². The number of rotatable bonds is 4. The van der Waals surface area contributed by atoms with Crippen LogP contribution in [0.15, 0.2) is 59.8 Å². The van der Waals surface area contributed by atoms with Gasteiger partial charge in [0, 0.05) is 17.1 Å². The van der Waals surface area contributed by atoms with Crippen LogP contribution in [-0.2, 0) is 22.6 Å². The van der Waals surface area contributed by atoms with Gasteiger partial charge in [0.2, 0.25) is 5.91 Å². The zero-order chi connectivity index (χ0) is 20.4. The second kappa shape index (κ2) is 7.55. The van der Waals surface area contributed by atoms with Gasteiger partial charge in [0.25, 0.3) is 11.5 Å². The Morgan fingerprint density at radius 1 is 1.07 bits per heavy atom. The molecule has 0 spiro atoms. The van der Waals surface area contributed by atoms with Crippen molar-refractivity contribution in [3.63, 3.8) is 0 Å². The van der Waals surface area contributed by atoms with Crippen LogP contribution >= 0.6 is 0 Å². The second-order valence-corrected chi connectivity index (χ2v) is 6.47. The molecule has 0 aliphatic rings. The van der Waals surface area contributed by atoms with Crippen molar-refractivity contribution in [2.24, 2.45) is 0 Å². The molecule has 0 atom stereocenters. The van der Waals surface area contributed by atoms with Crippen molar-refractivity contribution < 1.29 is 14.0 Å². The Kier molecular flexibility index (Phi) is 4.78. The Labute approximate surface area is 163 Å². The molecule has 0 saturated carbocycles. The fourth-order valence-corrected chi connectivity index (χ4v) is 3.07. The van der Waals surface area contributed by atoms with Gasteiger partial charge in [0.15, 0.2) is 0 Å². The average Bonchev–Trinajstić information content (AvgIpc) is 3.12. The second-order valence-electron chi connectivity index (χ2n) is 6.47. The minimum atomic E-state index is -0.614. The molecule has 0 aliphatic carbocycles. The Bertz CT molecular complexity index is 1290. The molecule has 0 bridgehead atoms. The maximum absolute atomic E-state index is 13.4. The summed E-state index contributed by atoms with van der Waals surface area (Å²) in [5, 5.41) is 0.999. The van der Waals surface area contributed by atoms with Crippen molar-refractivity contribution in [2.75, 3.05) is 0 Å². The van der Waals surface area contributed by atoms with Crippen molar-refractivity contribution in [1.29, 1.82) is 0 Å². The fraction of sp³-hybridized carbons (Fsp3) is 0.100. The molecule has 2 heterocycles. The average molecular weight is 393 g/mol. The summed E-state index contributed by atoms with van der Waals surface area (Å²) in [4.78, 5) is 43.7. The lowest BCUT2D eigenvalue weighted by Gasteiger charge is -2.09. The lowest BCUT2D eigenvalue weighted by molar-refractivity contribution is -0.128. The molecule has 0 saturated heterocycles. The number of carbonyl (C=O) groups excluding carboxylic acids is 2. The number of carbonyl (C=O) groups is 2. The highest BCUT2D eigenvalue weighted by molar-refractivity contribution is 5.89. The van der Waals surface area contributed by atoms with Crippen LogP contribution in [0.4, 0.5) is 4.39 Å². The number of hydrogen-bond acceptors (Lipinski definition) is 4. The maximum Gasteiger partial charge on any atom is 0.261 e. The molecule has 4 rings (SSSR count). The lowest BCUT2D eigenvalue weighted by atomic mass is 10.1. The Morgan fingerprint density at radius 2 is 1.86 bits per heavy atom. The lowest BCUT2D eigenvalue weighted by Crippen LogP contribution is -2.44. The number of aromatic nitrogens is 3. The van der Waals surface area contributed by atoms with Crippen molar-refractivity contribution >= 4 is 33.6 Å². The summed E-state index contributed by atoms with van der Waals surface area (Å²) in [5.41, 5.74) is 6.09. The fourth-order valence-electron chi connectivity index (χ4n) is 3.07. The quantitative estimate of drug-likeness (QED) is 0.456. The van der Waals surface area contributed by atoms with Gasteiger partial charge in [0.1, 0.15) is 12.4 Å². The first-order valence-corrected chi connectivity index (χ1v) is 8.78. The first-order chi connectivity index (χ1) is 14.0. The summed E-state index contributed by atoms with van der Waals surface area (Å²) in [7, 11) is 0. The van der Waals surface area contributed by atoms with E-state index in [1.807, 2.05) is 24.3 Å². The molecule has 8 nitrogen and oxygen atoms in total. The molecule has 9 heteroatoms. The molecule has 3 N–H and O–H groups in total. The zero-order valence-electron chi connectivity index (χ0n) is 15.1. The van der Waals surface area contributed by atoms with Crippen molar-refractivity contribution in [1.82, 2.24) is 25.4 Å². The molecule has 0 fully saturated rings. The molecule has 4 aromatic rings. The number of para-hydroxylation sites is 1. The first-order valence-electron chi connectivity index (χ1n) is 8.78. The van der Waals surface area contributed by atoms with E-state index in [1.165, 1.54) is 18.5 Å². The number of halogens is 1. The number of nitrogens with one attached hydrogen (secondary N) is 3. The number of fused-ring (bicyclic) bond motifs is 2. The van der Waals surface area contributed by atoms with E-state index in [-0.39, 0.29) is 18.4 Å². The van der Waals surface area contributed by atoms with E-state index >= 15 is 0 Å². The summed E-state index contributed by atoms with van der Waals surface area (Å²) in [6.45, 7) is -0.369. The molecule has 2 aromatic carbocycles. The van der Waals surface area contributed by atoms with Gasteiger partial charge in [-0.3, -0.25) is 29.8 Å². The SMILES string of the molecule is O=C(Cc1c[nH]c2ccccc12)NNC(=O)Cn1cnc2ccc(F)cc2c1=O. The van der Waals surface area contributed by atoms with Gasteiger partial charge in [-0.05, 0) is 29.8 Å². The monoisotopic (exact) mass is 393 g/mol. The molecule has 29 heavy (non-hydrogen) atoms. The molecule has 0 unspecified atom stereocenters. The largest absolute Gasteiger partial charge is 0.361 e. The van der Waals surface area contributed by atoms with Crippen molar-refractivity contribution in [3.8, 4) is 0 Å². The standard InChI is InChI=1S/C20H16FN5O3/c21-13-5-6-17-15(8-13)20(29)26(11-23-17)10-19(28)25-24-18(27)7-12-9-22-16-4-2-1-3-14(12)16/h1-6,8-9,11,22H,7,10H2,(H,24,27)(H,25,28). The third-order valence-electron chi connectivity index (χ3n) is 4.47. The summed E-state index contributed by atoms with van der Waals surface area (Å²) >= 11 is 0. The van der Waals surface area contributed by atoms with Crippen molar-refractivity contribution in [2.45, 2.75) is 13.0 Å². The van der Waals surface area contributed by atoms with Gasteiger partial charge >= 0.3 is 0 Å². The van der Waals surface area contributed by atoms with Crippen LogP contribution in [0.5, 0.6) is 0 Å². The van der Waals surface area contributed by atoms with E-state index in [0.29, 0.717) is 5.52 Å². The van der Waals surface area contributed by atoms with E-state index in [9.17, 15) is 18.8 Å². The predicted octanol–water partition coefficient (Wildman–Crippen LogP) is 1.41. The van der Waals surface area contributed by atoms with Gasteiger partial charge in [-0.15, -0.1) is 0 Å². The van der Waals surface area contributed by atoms with Crippen LogP contribution in [0.1, 0.15) is 5.56 Å². The summed E-state index contributed by atoms with van der Waals surface area (Å²) in [5.74, 6) is -1.59. The highest BCUT2D eigenvalue weighted by Crippen LogP contribution is 2.17. The van der Waals surface area contributed by atoms with Crippen LogP contribution in [-0.4, -0.2) is 26.3 Å². The highest BCUT2D eigenvalue weighted by Gasteiger charge is 2.12. The third kappa shape index (κ3) is 3.84. The number of nitrogens with zero attached hydrogens (tertiary/aromatic N) is 2. The summed E-state index contributed by atoms with van der Waals surface area (Å²) < 4.78 is 14.4.